The first-order valence-corrected chi connectivity index (χ1v) is 23.8. The third-order valence-electron chi connectivity index (χ3n) is 14.3. The number of hydrogen-bond acceptors (Lipinski definition) is 3. The highest BCUT2D eigenvalue weighted by Gasteiger charge is 2.21. The number of fused-ring (bicyclic) bond motifs is 15. The van der Waals surface area contributed by atoms with Gasteiger partial charge in [-0.1, -0.05) is 159 Å². The summed E-state index contributed by atoms with van der Waals surface area (Å²) in [4.78, 5) is 15.6. The molecule has 0 amide bonds. The van der Waals surface area contributed by atoms with Gasteiger partial charge < -0.3 is 4.57 Å². The average Bonchev–Trinajstić information content (AvgIpc) is 3.92. The number of benzene rings is 9. The molecule has 0 saturated carbocycles. The Balaban J connectivity index is 1.12. The van der Waals surface area contributed by atoms with E-state index >= 15 is 0 Å². The summed E-state index contributed by atoms with van der Waals surface area (Å²) in [5.41, 5.74) is 7.66. The van der Waals surface area contributed by atoms with Crippen LogP contribution in [0, 0.1) is 5.92 Å². The van der Waals surface area contributed by atoms with Crippen LogP contribution >= 0.6 is 0 Å². The largest absolute Gasteiger partial charge is 0.313 e. The summed E-state index contributed by atoms with van der Waals surface area (Å²) >= 11 is 0. The van der Waals surface area contributed by atoms with Crippen LogP contribution in [0.1, 0.15) is 13.3 Å². The fourth-order valence-corrected chi connectivity index (χ4v) is 10.8. The monoisotopic (exact) mass is 881 g/mol. The third-order valence-corrected chi connectivity index (χ3v) is 14.3. The van der Waals surface area contributed by atoms with Crippen molar-refractivity contribution in [1.82, 2.24) is 24.1 Å². The minimum atomic E-state index is 0.385. The molecule has 10 aromatic carbocycles. The van der Waals surface area contributed by atoms with Crippen LogP contribution in [0.4, 0.5) is 0 Å². The second-order valence-corrected chi connectivity index (χ2v) is 18.5. The molecule has 5 nitrogen and oxygen atoms in total. The highest BCUT2D eigenvalue weighted by molar-refractivity contribution is 6.17. The van der Waals surface area contributed by atoms with Gasteiger partial charge in [0.2, 0.25) is 5.95 Å². The molecule has 13 aromatic rings. The van der Waals surface area contributed by atoms with Crippen molar-refractivity contribution in [1.29, 1.82) is 0 Å². The predicted octanol–water partition coefficient (Wildman–Crippen LogP) is 16.7. The molecule has 1 atom stereocenters. The Morgan fingerprint density at radius 1 is 0.362 bits per heavy atom. The van der Waals surface area contributed by atoms with Gasteiger partial charge in [0.1, 0.15) is 0 Å². The highest BCUT2D eigenvalue weighted by atomic mass is 15.2. The van der Waals surface area contributed by atoms with Crippen LogP contribution < -0.4 is 0 Å². The summed E-state index contributed by atoms with van der Waals surface area (Å²) in [6.45, 7) is 2.34. The molecule has 1 aliphatic carbocycles. The molecule has 14 bridgehead atoms. The first kappa shape index (κ1) is 39.3. The van der Waals surface area contributed by atoms with Gasteiger partial charge in [0, 0.05) is 44.3 Å². The first-order valence-electron chi connectivity index (χ1n) is 23.8. The van der Waals surface area contributed by atoms with Crippen molar-refractivity contribution >= 4 is 103 Å². The van der Waals surface area contributed by atoms with Crippen molar-refractivity contribution in [2.45, 2.75) is 13.3 Å². The predicted molar refractivity (Wildman–Crippen MR) is 290 cm³/mol. The molecule has 69 heavy (non-hydrogen) atoms. The lowest BCUT2D eigenvalue weighted by atomic mass is 9.98. The van der Waals surface area contributed by atoms with Gasteiger partial charge in [-0.05, 0) is 133 Å². The van der Waals surface area contributed by atoms with Crippen molar-refractivity contribution in [3.63, 3.8) is 0 Å². The van der Waals surface area contributed by atoms with Crippen LogP contribution in [0.5, 0.6) is 0 Å². The molecule has 0 saturated heterocycles. The van der Waals surface area contributed by atoms with Gasteiger partial charge in [-0.25, -0.2) is 4.98 Å². The molecule has 14 rings (SSSR count). The minimum absolute atomic E-state index is 0.385. The zero-order valence-corrected chi connectivity index (χ0v) is 37.9. The molecule has 1 aliphatic rings. The van der Waals surface area contributed by atoms with Crippen molar-refractivity contribution < 1.29 is 0 Å². The molecule has 5 heteroatoms. The number of hydrogen-bond donors (Lipinski definition) is 0. The lowest BCUT2D eigenvalue weighted by Gasteiger charge is -2.20. The lowest BCUT2D eigenvalue weighted by Crippen LogP contribution is -2.07. The van der Waals surface area contributed by atoms with E-state index in [1.807, 2.05) is 36.4 Å². The van der Waals surface area contributed by atoms with Crippen molar-refractivity contribution in [3.8, 4) is 28.7 Å². The molecule has 324 valence electrons. The fraction of sp³-hybridized carbons (Fsp3) is 0.0469. The smallest absolute Gasteiger partial charge is 0.238 e. The van der Waals surface area contributed by atoms with Crippen molar-refractivity contribution in [2.24, 2.45) is 5.92 Å². The van der Waals surface area contributed by atoms with Crippen molar-refractivity contribution in [3.05, 3.63) is 224 Å². The van der Waals surface area contributed by atoms with E-state index in [1.165, 1.54) is 59.8 Å². The Morgan fingerprint density at radius 3 is 1.10 bits per heavy atom. The van der Waals surface area contributed by atoms with Gasteiger partial charge in [-0.2, -0.15) is 9.97 Å². The minimum Gasteiger partial charge on any atom is -0.313 e. The van der Waals surface area contributed by atoms with E-state index in [4.69, 9.17) is 15.0 Å². The van der Waals surface area contributed by atoms with E-state index in [0.29, 0.717) is 23.5 Å². The molecule has 1 unspecified atom stereocenters. The zero-order valence-electron chi connectivity index (χ0n) is 37.9. The summed E-state index contributed by atoms with van der Waals surface area (Å²) in [5.74, 6) is 2.21. The van der Waals surface area contributed by atoms with E-state index in [0.717, 1.165) is 60.9 Å². The van der Waals surface area contributed by atoms with Crippen LogP contribution in [0.15, 0.2) is 224 Å². The summed E-state index contributed by atoms with van der Waals surface area (Å²) in [6.07, 6.45) is 7.81. The van der Waals surface area contributed by atoms with Gasteiger partial charge in [-0.3, -0.25) is 4.57 Å². The molecular formula is C64H43N5. The molecule has 0 aliphatic heterocycles. The quantitative estimate of drug-likeness (QED) is 0.177. The number of nitrogens with zero attached hydrogens (tertiary/aromatic N) is 5. The van der Waals surface area contributed by atoms with Gasteiger partial charge in [0.15, 0.2) is 11.6 Å². The standard InChI is InChI=1S/C64H43N5/c1-40-13-8-9-24-57(40)68-58-29-25-49-36-53(58)54-38-51(26-30-59(54)68)52-28-32-61-56(39-52)55-37-50(48-23-12-21-46(35-48)44-19-10-18-43(33-44)45-20-11-22-47(49)34-45)27-31-60(55)69(61)64-66-62(41-14-4-2-5-15-41)65-63(67-64)42-16-6-3-7-17-42/h2-12,14-40H,13H2,1H3. The molecular weight excluding hydrogens is 839 g/mol. The summed E-state index contributed by atoms with van der Waals surface area (Å²) < 4.78 is 4.72. The first-order chi connectivity index (χ1) is 34.1. The number of aromatic nitrogens is 5. The molecule has 0 radical (unpaired) electrons. The van der Waals surface area contributed by atoms with Gasteiger partial charge in [0.05, 0.1) is 22.1 Å². The Kier molecular flexibility index (Phi) is 8.86. The maximum Gasteiger partial charge on any atom is 0.238 e. The normalized spacial score (nSPS) is 14.0. The number of rotatable bonds is 4. The molecule has 3 aromatic heterocycles. The van der Waals surface area contributed by atoms with E-state index in [9.17, 15) is 0 Å². The fourth-order valence-electron chi connectivity index (χ4n) is 10.8. The van der Waals surface area contributed by atoms with E-state index in [-0.39, 0.29) is 0 Å². The summed E-state index contributed by atoms with van der Waals surface area (Å²) in [7, 11) is 0. The molecule has 0 N–H and O–H groups in total. The lowest BCUT2D eigenvalue weighted by molar-refractivity contribution is 0.725. The van der Waals surface area contributed by atoms with Gasteiger partial charge in [0.25, 0.3) is 0 Å². The zero-order chi connectivity index (χ0) is 45.6. The van der Waals surface area contributed by atoms with Crippen LogP contribution in [-0.2, 0) is 0 Å². The van der Waals surface area contributed by atoms with E-state index < -0.39 is 0 Å². The average molecular weight is 882 g/mol. The Morgan fingerprint density at radius 2 is 0.725 bits per heavy atom. The molecule has 0 spiro atoms. The topological polar surface area (TPSA) is 48.5 Å². The Labute approximate surface area is 397 Å². The van der Waals surface area contributed by atoms with E-state index in [2.05, 4.69) is 204 Å². The second-order valence-electron chi connectivity index (χ2n) is 18.5. The van der Waals surface area contributed by atoms with Gasteiger partial charge in [-0.15, -0.1) is 0 Å². The Bertz CT molecular complexity index is 4350. The van der Waals surface area contributed by atoms with E-state index in [1.54, 1.807) is 0 Å². The van der Waals surface area contributed by atoms with Gasteiger partial charge >= 0.3 is 0 Å². The third kappa shape index (κ3) is 6.50. The summed E-state index contributed by atoms with van der Waals surface area (Å²) in [6, 6.07) is 75.1. The molecule has 3 heterocycles. The Hall–Kier alpha value is -8.93. The summed E-state index contributed by atoms with van der Waals surface area (Å²) in [5, 5.41) is 16.4. The molecule has 0 fully saturated rings. The highest BCUT2D eigenvalue weighted by Crippen LogP contribution is 2.40. The maximum atomic E-state index is 5.25. The number of allylic oxidation sites excluding steroid dienone is 4. The van der Waals surface area contributed by atoms with Crippen LogP contribution in [0.25, 0.3) is 132 Å². The SMILES string of the molecule is CC1CC=CC=C1n1c2ccc3cc2c2cc(ccc21)c1ccc2c(c1)c1cc(ccc1n2-c1nc(-c2ccccc2)nc(-c2ccccc2)n1)c1cccc(c1)c1cccc(c1)c1cccc3c1. The van der Waals surface area contributed by atoms with Crippen LogP contribution in [0.2, 0.25) is 0 Å². The van der Waals surface area contributed by atoms with Crippen molar-refractivity contribution in [2.75, 3.05) is 0 Å². The maximum absolute atomic E-state index is 5.25. The van der Waals surface area contributed by atoms with Crippen LogP contribution in [-0.4, -0.2) is 24.1 Å². The second kappa shape index (κ2) is 15.6. The van der Waals surface area contributed by atoms with Crippen LogP contribution in [0.3, 0.4) is 0 Å².